The van der Waals surface area contributed by atoms with Crippen molar-refractivity contribution in [2.24, 2.45) is 0 Å². The lowest BCUT2D eigenvalue weighted by Crippen LogP contribution is -2.60. The van der Waals surface area contributed by atoms with Crippen molar-refractivity contribution in [2.45, 2.75) is 45.7 Å². The Hall–Kier alpha value is -1.03. The van der Waals surface area contributed by atoms with Crippen LogP contribution in [-0.2, 0) is 6.54 Å². The molecule has 0 radical (unpaired) electrons. The van der Waals surface area contributed by atoms with Crippen LogP contribution in [0.2, 0.25) is 0 Å². The predicted molar refractivity (Wildman–Crippen MR) is 71.4 cm³/mol. The third-order valence-electron chi connectivity index (χ3n) is 4.04. The Morgan fingerprint density at radius 2 is 2.12 bits per heavy atom. The van der Waals surface area contributed by atoms with Crippen molar-refractivity contribution in [3.05, 3.63) is 12.4 Å². The molecule has 1 fully saturated rings. The standard InChI is InChI=1S/C13H24N4/c1-4-13(5-2)11-16(8-7-14-13)12-9-15-17(6-3)10-12/h9-10,14H,4-8,11H2,1-3H3. The van der Waals surface area contributed by atoms with E-state index >= 15 is 0 Å². The quantitative estimate of drug-likeness (QED) is 0.866. The molecular formula is C13H24N4. The summed E-state index contributed by atoms with van der Waals surface area (Å²) in [5.41, 5.74) is 1.55. The molecule has 0 aliphatic carbocycles. The van der Waals surface area contributed by atoms with Gasteiger partial charge in [0.15, 0.2) is 0 Å². The highest BCUT2D eigenvalue weighted by Gasteiger charge is 2.32. The first-order valence-electron chi connectivity index (χ1n) is 6.75. The number of hydrogen-bond acceptors (Lipinski definition) is 3. The Balaban J connectivity index is 2.11. The van der Waals surface area contributed by atoms with E-state index in [2.05, 4.69) is 42.3 Å². The zero-order valence-corrected chi connectivity index (χ0v) is 11.2. The molecule has 1 N–H and O–H groups in total. The molecule has 0 spiro atoms. The lowest BCUT2D eigenvalue weighted by molar-refractivity contribution is 0.277. The van der Waals surface area contributed by atoms with Crippen LogP contribution < -0.4 is 10.2 Å². The third kappa shape index (κ3) is 2.46. The molecule has 0 atom stereocenters. The number of anilines is 1. The average molecular weight is 236 g/mol. The van der Waals surface area contributed by atoms with Crippen LogP contribution in [0.1, 0.15) is 33.6 Å². The van der Waals surface area contributed by atoms with Gasteiger partial charge in [0.25, 0.3) is 0 Å². The van der Waals surface area contributed by atoms with Gasteiger partial charge in [0.2, 0.25) is 0 Å². The highest BCUT2D eigenvalue weighted by molar-refractivity contribution is 5.43. The summed E-state index contributed by atoms with van der Waals surface area (Å²) >= 11 is 0. The number of nitrogens with one attached hydrogen (secondary N) is 1. The van der Waals surface area contributed by atoms with E-state index in [4.69, 9.17) is 0 Å². The highest BCUT2D eigenvalue weighted by Crippen LogP contribution is 2.24. The largest absolute Gasteiger partial charge is 0.366 e. The maximum atomic E-state index is 4.36. The summed E-state index contributed by atoms with van der Waals surface area (Å²) in [5, 5.41) is 8.05. The summed E-state index contributed by atoms with van der Waals surface area (Å²) in [6.45, 7) is 10.9. The lowest BCUT2D eigenvalue weighted by atomic mass is 9.90. The van der Waals surface area contributed by atoms with E-state index in [1.807, 2.05) is 10.9 Å². The zero-order valence-electron chi connectivity index (χ0n) is 11.2. The molecule has 1 aromatic heterocycles. The van der Waals surface area contributed by atoms with Crippen molar-refractivity contribution in [1.82, 2.24) is 15.1 Å². The first-order valence-corrected chi connectivity index (χ1v) is 6.75. The maximum absolute atomic E-state index is 4.36. The van der Waals surface area contributed by atoms with Crippen LogP contribution in [0, 0.1) is 0 Å². The fraction of sp³-hybridized carbons (Fsp3) is 0.769. The van der Waals surface area contributed by atoms with Crippen LogP contribution in [0.4, 0.5) is 5.69 Å². The van der Waals surface area contributed by atoms with Gasteiger partial charge >= 0.3 is 0 Å². The van der Waals surface area contributed by atoms with Crippen molar-refractivity contribution < 1.29 is 0 Å². The Morgan fingerprint density at radius 3 is 2.71 bits per heavy atom. The van der Waals surface area contributed by atoms with Crippen molar-refractivity contribution in [1.29, 1.82) is 0 Å². The van der Waals surface area contributed by atoms with E-state index in [9.17, 15) is 0 Å². The van der Waals surface area contributed by atoms with E-state index < -0.39 is 0 Å². The highest BCUT2D eigenvalue weighted by atomic mass is 15.3. The van der Waals surface area contributed by atoms with Crippen LogP contribution in [0.5, 0.6) is 0 Å². The Bertz CT molecular complexity index is 354. The first-order chi connectivity index (χ1) is 8.23. The number of aromatic nitrogens is 2. The second-order valence-corrected chi connectivity index (χ2v) is 4.89. The molecule has 2 heterocycles. The molecule has 1 saturated heterocycles. The smallest absolute Gasteiger partial charge is 0.0753 e. The van der Waals surface area contributed by atoms with Crippen molar-refractivity contribution in [2.75, 3.05) is 24.5 Å². The fourth-order valence-corrected chi connectivity index (χ4v) is 2.59. The van der Waals surface area contributed by atoms with E-state index in [0.29, 0.717) is 0 Å². The average Bonchev–Trinajstić information content (AvgIpc) is 2.87. The molecule has 0 saturated carbocycles. The van der Waals surface area contributed by atoms with Gasteiger partial charge in [0, 0.05) is 37.9 Å². The fourth-order valence-electron chi connectivity index (χ4n) is 2.59. The van der Waals surface area contributed by atoms with Crippen molar-refractivity contribution in [3.63, 3.8) is 0 Å². The molecular weight excluding hydrogens is 212 g/mol. The minimum atomic E-state index is 0.284. The molecule has 2 rings (SSSR count). The molecule has 0 amide bonds. The molecule has 0 bridgehead atoms. The Kier molecular flexibility index (Phi) is 3.72. The summed E-state index contributed by atoms with van der Waals surface area (Å²) in [5.74, 6) is 0. The minimum Gasteiger partial charge on any atom is -0.366 e. The van der Waals surface area contributed by atoms with Gasteiger partial charge in [0.05, 0.1) is 11.9 Å². The maximum Gasteiger partial charge on any atom is 0.0753 e. The minimum absolute atomic E-state index is 0.284. The second kappa shape index (κ2) is 5.08. The third-order valence-corrected chi connectivity index (χ3v) is 4.04. The molecule has 4 nitrogen and oxygen atoms in total. The van der Waals surface area contributed by atoms with Gasteiger partial charge in [-0.15, -0.1) is 0 Å². The van der Waals surface area contributed by atoms with Gasteiger partial charge in [-0.1, -0.05) is 13.8 Å². The molecule has 96 valence electrons. The Labute approximate surface area is 104 Å². The summed E-state index contributed by atoms with van der Waals surface area (Å²) in [6, 6.07) is 0. The van der Waals surface area contributed by atoms with Crippen molar-refractivity contribution >= 4 is 5.69 Å². The Morgan fingerprint density at radius 1 is 1.35 bits per heavy atom. The molecule has 0 unspecified atom stereocenters. The van der Waals surface area contributed by atoms with Gasteiger partial charge in [-0.05, 0) is 19.8 Å². The van der Waals surface area contributed by atoms with Crippen LogP contribution >= 0.6 is 0 Å². The molecule has 17 heavy (non-hydrogen) atoms. The molecule has 0 aromatic carbocycles. The zero-order chi connectivity index (χ0) is 12.3. The van der Waals surface area contributed by atoms with Gasteiger partial charge in [-0.2, -0.15) is 5.10 Å². The van der Waals surface area contributed by atoms with Gasteiger partial charge in [-0.25, -0.2) is 0 Å². The molecule has 4 heteroatoms. The van der Waals surface area contributed by atoms with E-state index in [1.165, 1.54) is 18.5 Å². The summed E-state index contributed by atoms with van der Waals surface area (Å²) in [6.07, 6.45) is 6.51. The van der Waals surface area contributed by atoms with Crippen LogP contribution in [0.15, 0.2) is 12.4 Å². The number of aryl methyl sites for hydroxylation is 1. The van der Waals surface area contributed by atoms with E-state index in [1.54, 1.807) is 0 Å². The van der Waals surface area contributed by atoms with Crippen molar-refractivity contribution in [3.8, 4) is 0 Å². The number of nitrogens with zero attached hydrogens (tertiary/aromatic N) is 3. The van der Waals surface area contributed by atoms with Gasteiger partial charge < -0.3 is 10.2 Å². The number of rotatable bonds is 4. The van der Waals surface area contributed by atoms with Crippen LogP contribution in [-0.4, -0.2) is 35.0 Å². The van der Waals surface area contributed by atoms with Gasteiger partial charge in [-0.3, -0.25) is 4.68 Å². The molecule has 1 aliphatic heterocycles. The second-order valence-electron chi connectivity index (χ2n) is 4.89. The summed E-state index contributed by atoms with van der Waals surface area (Å²) in [4.78, 5) is 2.46. The number of hydrogen-bond donors (Lipinski definition) is 1. The van der Waals surface area contributed by atoms with Crippen LogP contribution in [0.3, 0.4) is 0 Å². The molecule has 1 aliphatic rings. The summed E-state index contributed by atoms with van der Waals surface area (Å²) < 4.78 is 2.00. The van der Waals surface area contributed by atoms with Crippen LogP contribution in [0.25, 0.3) is 0 Å². The summed E-state index contributed by atoms with van der Waals surface area (Å²) in [7, 11) is 0. The monoisotopic (exact) mass is 236 g/mol. The topological polar surface area (TPSA) is 33.1 Å². The first kappa shape index (κ1) is 12.4. The van der Waals surface area contributed by atoms with E-state index in [-0.39, 0.29) is 5.54 Å². The van der Waals surface area contributed by atoms with E-state index in [0.717, 1.165) is 26.2 Å². The molecule has 1 aromatic rings. The lowest BCUT2D eigenvalue weighted by Gasteiger charge is -2.43. The normalized spacial score (nSPS) is 19.6. The van der Waals surface area contributed by atoms with Gasteiger partial charge in [0.1, 0.15) is 0 Å². The predicted octanol–water partition coefficient (Wildman–Crippen LogP) is 1.87. The number of piperazine rings is 1. The SMILES string of the molecule is CCn1cc(N2CCNC(CC)(CC)C2)cn1.